The predicted molar refractivity (Wildman–Crippen MR) is 59.6 cm³/mol. The van der Waals surface area contributed by atoms with E-state index in [9.17, 15) is 0 Å². The van der Waals surface area contributed by atoms with E-state index >= 15 is 0 Å². The normalized spacial score (nSPS) is 10.4. The van der Waals surface area contributed by atoms with E-state index in [2.05, 4.69) is 22.1 Å². The van der Waals surface area contributed by atoms with Crippen molar-refractivity contribution in [2.24, 2.45) is 0 Å². The Labute approximate surface area is 91.7 Å². The fourth-order valence-electron chi connectivity index (χ4n) is 1.08. The summed E-state index contributed by atoms with van der Waals surface area (Å²) in [6.07, 6.45) is 1.62. The van der Waals surface area contributed by atoms with Crippen molar-refractivity contribution in [1.29, 1.82) is 0 Å². The van der Waals surface area contributed by atoms with Crippen LogP contribution in [0.25, 0.3) is 0 Å². The molecule has 2 nitrogen and oxygen atoms in total. The summed E-state index contributed by atoms with van der Waals surface area (Å²) in [5.74, 6) is 0.907. The Morgan fingerprint density at radius 1 is 1.29 bits per heavy atom. The van der Waals surface area contributed by atoms with Gasteiger partial charge in [-0.25, -0.2) is 4.98 Å². The number of imidazole rings is 1. The van der Waals surface area contributed by atoms with Crippen LogP contribution < -0.4 is 0 Å². The van der Waals surface area contributed by atoms with E-state index in [4.69, 9.17) is 11.6 Å². The number of nitrogens with zero attached hydrogens (tertiary/aromatic N) is 1. The maximum atomic E-state index is 5.71. The molecule has 2 aromatic rings. The molecule has 0 aliphatic heterocycles. The highest BCUT2D eigenvalue weighted by molar-refractivity contribution is 7.98. The van der Waals surface area contributed by atoms with Gasteiger partial charge in [0.25, 0.3) is 0 Å². The second-order valence-electron chi connectivity index (χ2n) is 2.81. The van der Waals surface area contributed by atoms with Crippen molar-refractivity contribution in [3.63, 3.8) is 0 Å². The predicted octanol–water partition coefficient (Wildman–Crippen LogP) is 3.36. The van der Waals surface area contributed by atoms with Crippen molar-refractivity contribution in [1.82, 2.24) is 9.97 Å². The molecule has 0 aliphatic rings. The van der Waals surface area contributed by atoms with Gasteiger partial charge in [0.15, 0.2) is 5.16 Å². The van der Waals surface area contributed by atoms with Gasteiger partial charge in [0.2, 0.25) is 0 Å². The van der Waals surface area contributed by atoms with Crippen LogP contribution >= 0.6 is 23.4 Å². The Kier molecular flexibility index (Phi) is 3.11. The van der Waals surface area contributed by atoms with Crippen LogP contribution in [0, 0.1) is 0 Å². The number of hydrogen-bond acceptors (Lipinski definition) is 2. The quantitative estimate of drug-likeness (QED) is 0.810. The summed E-state index contributed by atoms with van der Waals surface area (Å²) in [6, 6.07) is 10.3. The molecule has 14 heavy (non-hydrogen) atoms. The molecule has 0 spiro atoms. The lowest BCUT2D eigenvalue weighted by atomic mass is 10.2. The third-order valence-electron chi connectivity index (χ3n) is 1.74. The second kappa shape index (κ2) is 4.53. The minimum absolute atomic E-state index is 0.584. The Hall–Kier alpha value is -0.930. The molecule has 1 N–H and O–H groups in total. The largest absolute Gasteiger partial charge is 0.324 e. The number of halogens is 1. The molecule has 0 unspecified atom stereocenters. The second-order valence-corrected chi connectivity index (χ2v) is 4.18. The van der Waals surface area contributed by atoms with Crippen LogP contribution in [0.3, 0.4) is 0 Å². The highest BCUT2D eigenvalue weighted by Crippen LogP contribution is 2.20. The van der Waals surface area contributed by atoms with Gasteiger partial charge in [0.05, 0.1) is 6.20 Å². The van der Waals surface area contributed by atoms with Crippen molar-refractivity contribution in [3.05, 3.63) is 47.2 Å². The Morgan fingerprint density at radius 2 is 2.07 bits per heavy atom. The van der Waals surface area contributed by atoms with Gasteiger partial charge in [0.1, 0.15) is 5.15 Å². The molecule has 0 atom stereocenters. The molecule has 0 amide bonds. The van der Waals surface area contributed by atoms with Gasteiger partial charge >= 0.3 is 0 Å². The average Bonchev–Trinajstić information content (AvgIpc) is 2.63. The lowest BCUT2D eigenvalue weighted by Gasteiger charge is -1.97. The molecular formula is C10H9ClN2S. The first-order chi connectivity index (χ1) is 6.84. The van der Waals surface area contributed by atoms with Gasteiger partial charge in [-0.1, -0.05) is 53.7 Å². The molecule has 0 saturated carbocycles. The van der Waals surface area contributed by atoms with Crippen LogP contribution in [-0.4, -0.2) is 9.97 Å². The fraction of sp³-hybridized carbons (Fsp3) is 0.100. The lowest BCUT2D eigenvalue weighted by Crippen LogP contribution is -1.80. The van der Waals surface area contributed by atoms with Gasteiger partial charge < -0.3 is 4.98 Å². The highest BCUT2D eigenvalue weighted by atomic mass is 35.5. The zero-order valence-corrected chi connectivity index (χ0v) is 8.98. The van der Waals surface area contributed by atoms with Crippen LogP contribution in [0.5, 0.6) is 0 Å². The molecule has 0 aliphatic carbocycles. The van der Waals surface area contributed by atoms with E-state index in [1.165, 1.54) is 5.56 Å². The summed E-state index contributed by atoms with van der Waals surface area (Å²) in [5.41, 5.74) is 1.28. The number of H-pyrrole nitrogens is 1. The molecule has 1 aromatic carbocycles. The van der Waals surface area contributed by atoms with Crippen molar-refractivity contribution < 1.29 is 0 Å². The van der Waals surface area contributed by atoms with E-state index in [1.807, 2.05) is 18.2 Å². The van der Waals surface area contributed by atoms with Gasteiger partial charge in [0, 0.05) is 5.75 Å². The smallest absolute Gasteiger partial charge is 0.166 e. The highest BCUT2D eigenvalue weighted by Gasteiger charge is 1.99. The van der Waals surface area contributed by atoms with E-state index < -0.39 is 0 Å². The van der Waals surface area contributed by atoms with Crippen molar-refractivity contribution in [2.45, 2.75) is 10.9 Å². The minimum Gasteiger partial charge on any atom is -0.324 e. The molecule has 0 bridgehead atoms. The fourth-order valence-corrected chi connectivity index (χ4v) is 2.08. The van der Waals surface area contributed by atoms with Crippen molar-refractivity contribution >= 4 is 23.4 Å². The maximum absolute atomic E-state index is 5.71. The van der Waals surface area contributed by atoms with E-state index in [0.29, 0.717) is 5.15 Å². The first-order valence-electron chi connectivity index (χ1n) is 4.22. The van der Waals surface area contributed by atoms with E-state index in [-0.39, 0.29) is 0 Å². The zero-order chi connectivity index (χ0) is 9.80. The van der Waals surface area contributed by atoms with Gasteiger partial charge in [-0.05, 0) is 5.56 Å². The average molecular weight is 225 g/mol. The van der Waals surface area contributed by atoms with E-state index in [0.717, 1.165) is 10.9 Å². The molecule has 1 aromatic heterocycles. The maximum Gasteiger partial charge on any atom is 0.166 e. The third-order valence-corrected chi connectivity index (χ3v) is 2.89. The number of aromatic nitrogens is 2. The molecule has 1 heterocycles. The number of rotatable bonds is 3. The summed E-state index contributed by atoms with van der Waals surface area (Å²) in [4.78, 5) is 7.07. The molecule has 0 fully saturated rings. The summed E-state index contributed by atoms with van der Waals surface area (Å²) in [6.45, 7) is 0. The van der Waals surface area contributed by atoms with Crippen LogP contribution in [-0.2, 0) is 5.75 Å². The van der Waals surface area contributed by atoms with Gasteiger partial charge in [-0.2, -0.15) is 0 Å². The molecular weight excluding hydrogens is 216 g/mol. The summed E-state index contributed by atoms with van der Waals surface area (Å²) >= 11 is 7.35. The summed E-state index contributed by atoms with van der Waals surface area (Å²) < 4.78 is 0. The first-order valence-corrected chi connectivity index (χ1v) is 5.58. The molecule has 72 valence electrons. The molecule has 0 radical (unpaired) electrons. The van der Waals surface area contributed by atoms with Crippen LogP contribution in [0.4, 0.5) is 0 Å². The standard InChI is InChI=1S/C10H9ClN2S/c11-9-6-12-10(13-9)14-7-8-4-2-1-3-5-8/h1-6H,7H2,(H,12,13). The minimum atomic E-state index is 0.584. The lowest BCUT2D eigenvalue weighted by molar-refractivity contribution is 1.06. The number of aromatic amines is 1. The number of nitrogens with one attached hydrogen (secondary N) is 1. The molecule has 2 rings (SSSR count). The number of thioether (sulfide) groups is 1. The summed E-state index contributed by atoms with van der Waals surface area (Å²) in [5, 5.41) is 1.44. The first kappa shape index (κ1) is 9.62. The van der Waals surface area contributed by atoms with Crippen molar-refractivity contribution in [3.8, 4) is 0 Å². The summed E-state index contributed by atoms with van der Waals surface area (Å²) in [7, 11) is 0. The van der Waals surface area contributed by atoms with E-state index in [1.54, 1.807) is 18.0 Å². The Morgan fingerprint density at radius 3 is 2.71 bits per heavy atom. The monoisotopic (exact) mass is 224 g/mol. The SMILES string of the molecule is Clc1cnc(SCc2ccccc2)[nH]1. The van der Waals surface area contributed by atoms with Crippen molar-refractivity contribution in [2.75, 3.05) is 0 Å². The number of benzene rings is 1. The Balaban J connectivity index is 1.95. The van der Waals surface area contributed by atoms with Crippen LogP contribution in [0.2, 0.25) is 5.15 Å². The van der Waals surface area contributed by atoms with Crippen LogP contribution in [0.1, 0.15) is 5.56 Å². The molecule has 4 heteroatoms. The Bertz CT molecular complexity index is 400. The third kappa shape index (κ3) is 2.53. The van der Waals surface area contributed by atoms with Gasteiger partial charge in [-0.3, -0.25) is 0 Å². The van der Waals surface area contributed by atoms with Gasteiger partial charge in [-0.15, -0.1) is 0 Å². The topological polar surface area (TPSA) is 28.7 Å². The number of hydrogen-bond donors (Lipinski definition) is 1. The molecule has 0 saturated heterocycles. The van der Waals surface area contributed by atoms with Crippen LogP contribution in [0.15, 0.2) is 41.7 Å². The zero-order valence-electron chi connectivity index (χ0n) is 7.40.